The lowest BCUT2D eigenvalue weighted by molar-refractivity contribution is -0.177. The number of hydrogen-bond donors (Lipinski definition) is 7. The van der Waals surface area contributed by atoms with Gasteiger partial charge in [-0.2, -0.15) is 0 Å². The average Bonchev–Trinajstić information content (AvgIpc) is 1.64. The summed E-state index contributed by atoms with van der Waals surface area (Å²) in [5.41, 5.74) is -0.551. The lowest BCUT2D eigenvalue weighted by atomic mass is 9.93. The van der Waals surface area contributed by atoms with E-state index in [0.717, 1.165) is 29.7 Å². The van der Waals surface area contributed by atoms with Gasteiger partial charge in [0.05, 0.1) is 65.1 Å². The molecule has 3 saturated heterocycles. The van der Waals surface area contributed by atoms with Crippen LogP contribution in [0.25, 0.3) is 0 Å². The Morgan fingerprint density at radius 2 is 1.11 bits per heavy atom. The molecule has 15 atom stereocenters. The number of carbonyl (C=O) groups is 10. The fourth-order valence-electron chi connectivity index (χ4n) is 15.1. The number of amides is 8. The minimum absolute atomic E-state index is 0.00676. The zero-order valence-electron chi connectivity index (χ0n) is 71.9. The molecule has 0 bridgehead atoms. The van der Waals surface area contributed by atoms with E-state index in [0.29, 0.717) is 31.2 Å². The fourth-order valence-corrected chi connectivity index (χ4v) is 15.1. The van der Waals surface area contributed by atoms with Crippen molar-refractivity contribution in [3.8, 4) is 0 Å². The Balaban J connectivity index is 0.000000645. The largest absolute Gasteiger partial charge is 0.463 e. The second-order valence-corrected chi connectivity index (χ2v) is 32.7. The summed E-state index contributed by atoms with van der Waals surface area (Å²) in [7, 11) is 5.67. The van der Waals surface area contributed by atoms with Crippen LogP contribution in [0.3, 0.4) is 0 Å². The lowest BCUT2D eigenvalue weighted by Crippen LogP contribution is -2.63. The van der Waals surface area contributed by atoms with Gasteiger partial charge in [-0.1, -0.05) is 195 Å². The number of fused-ring (bicyclic) bond motifs is 1. The first-order valence-electron chi connectivity index (χ1n) is 42.0. The SMILES string of the molecule is CCCCCCCCCCCC(=O)OCCOCC(OCCO)C1OCC(OCCO)C1OCCO.CC[C@@H](C)[C@H]1OC(=O)[C@@H](C(C)(C)O)N(C)C(=O)[C@H](CC(C)C)NC(=O)[C@H](C(C)C)N(C)C(=O)[C@H]([C@@H](C)CC)NC(=O)[C@@H]2CCCN2C(=O)[C@H](Cc2ccccc2)N(C)C(=O)[C@H](Cc2ccccc2)NC(=O)[C@H](C(C)C)N(C)C1=O. The van der Waals surface area contributed by atoms with Crippen LogP contribution in [-0.4, -0.2) is 289 Å². The quantitative estimate of drug-likeness (QED) is 0.0283. The summed E-state index contributed by atoms with van der Waals surface area (Å²) in [5, 5.41) is 47.9. The molecule has 0 saturated carbocycles. The van der Waals surface area contributed by atoms with E-state index in [2.05, 4.69) is 22.9 Å². The van der Waals surface area contributed by atoms with Crippen LogP contribution in [0.1, 0.15) is 197 Å². The molecule has 2 aromatic rings. The van der Waals surface area contributed by atoms with Crippen LogP contribution in [0.2, 0.25) is 0 Å². The highest BCUT2D eigenvalue weighted by atomic mass is 16.6. The monoisotopic (exact) mass is 1620 g/mol. The number of esters is 2. The molecule has 3 fully saturated rings. The molecule has 7 N–H and O–H groups in total. The minimum Gasteiger partial charge on any atom is -0.463 e. The highest BCUT2D eigenvalue weighted by Gasteiger charge is 2.49. The lowest BCUT2D eigenvalue weighted by Gasteiger charge is -2.39. The van der Waals surface area contributed by atoms with Crippen molar-refractivity contribution in [1.29, 1.82) is 0 Å². The van der Waals surface area contributed by atoms with Gasteiger partial charge in [-0.15, -0.1) is 0 Å². The van der Waals surface area contributed by atoms with Crippen molar-refractivity contribution in [2.24, 2.45) is 29.6 Å². The number of likely N-dealkylation sites (N-methyl/N-ethyl adjacent to an activating group) is 4. The van der Waals surface area contributed by atoms with Crippen LogP contribution < -0.4 is 16.0 Å². The normalized spacial score (nSPS) is 24.7. The summed E-state index contributed by atoms with van der Waals surface area (Å²) in [6.45, 7) is 23.5. The summed E-state index contributed by atoms with van der Waals surface area (Å²) in [4.78, 5) is 152. The summed E-state index contributed by atoms with van der Waals surface area (Å²) in [6.07, 6.45) is 9.28. The molecule has 0 aliphatic carbocycles. The Labute approximate surface area is 684 Å². The topological polar surface area (TPSA) is 369 Å². The van der Waals surface area contributed by atoms with Crippen LogP contribution in [-0.2, 0) is 93.9 Å². The van der Waals surface area contributed by atoms with Crippen LogP contribution in [0.4, 0.5) is 0 Å². The average molecular weight is 1620 g/mol. The third-order valence-electron chi connectivity index (χ3n) is 21.8. The molecule has 0 radical (unpaired) electrons. The van der Waals surface area contributed by atoms with Gasteiger partial charge in [-0.25, -0.2) is 4.79 Å². The standard InChI is InChI=1S/C60H92N8O11.C26H50O10/c1-17-38(9)46-57(75)65(14)47(36(5)6)52(70)61-42(32-35(3)4)55(73)67(16)50(60(11,12)78)59(77)79-49(39(10)18-2)58(76)66(15)48(37(7)8)53(71)62-43(33-40-26-21-19-22-27-40)54(72)64(13)45(34-41-28-23-20-24-29-41)56(74)68-31-25-30-44(68)51(69)63-46;1-2-3-4-5-6-7-8-9-10-11-24(30)34-19-18-31-20-22(32-15-12-27)26-25(35-17-14-29)23(21-36-26)33-16-13-28/h19-24,26-29,35-39,42-50,78H,17-18,25,30-34H2,1-16H3,(H,61,70)(H,62,71)(H,63,69);22-23,25-29H,2-21H2,1H3/t38-,39+,42-,43-,44-,45-,46-,47-,48-,49+,50-;/m0./s1. The first-order valence-corrected chi connectivity index (χ1v) is 42.0. The number of unbranched alkanes of at least 4 members (excludes halogenated alkanes) is 8. The van der Waals surface area contributed by atoms with E-state index in [4.69, 9.17) is 43.4 Å². The molecular weight excluding hydrogens is 1480 g/mol. The van der Waals surface area contributed by atoms with Gasteiger partial charge in [0.15, 0.2) is 12.1 Å². The summed E-state index contributed by atoms with van der Waals surface area (Å²) in [6, 6.07) is 8.11. The Morgan fingerprint density at radius 1 is 0.583 bits per heavy atom. The molecule has 3 aliphatic rings. The highest BCUT2D eigenvalue weighted by Crippen LogP contribution is 2.30. The molecule has 5 rings (SSSR count). The molecule has 8 amide bonds. The molecule has 652 valence electrons. The van der Waals surface area contributed by atoms with E-state index in [1.807, 2.05) is 57.2 Å². The van der Waals surface area contributed by atoms with Crippen molar-refractivity contribution in [1.82, 2.24) is 40.4 Å². The number of aliphatic hydroxyl groups excluding tert-OH is 3. The van der Waals surface area contributed by atoms with Crippen molar-refractivity contribution in [2.75, 3.05) is 101 Å². The molecule has 2 aromatic carbocycles. The maximum Gasteiger partial charge on any atom is 0.332 e. The molecule has 3 heterocycles. The van der Waals surface area contributed by atoms with Gasteiger partial charge in [-0.3, -0.25) is 43.2 Å². The van der Waals surface area contributed by atoms with Gasteiger partial charge >= 0.3 is 11.9 Å². The van der Waals surface area contributed by atoms with Crippen LogP contribution >= 0.6 is 0 Å². The van der Waals surface area contributed by atoms with Crippen molar-refractivity contribution in [2.45, 2.75) is 284 Å². The number of ether oxygens (including phenoxy) is 7. The molecular formula is C86H142N8O21. The van der Waals surface area contributed by atoms with Crippen molar-refractivity contribution in [3.63, 3.8) is 0 Å². The summed E-state index contributed by atoms with van der Waals surface area (Å²) >= 11 is 0. The second kappa shape index (κ2) is 51.9. The smallest absolute Gasteiger partial charge is 0.332 e. The zero-order valence-corrected chi connectivity index (χ0v) is 71.9. The van der Waals surface area contributed by atoms with Crippen molar-refractivity contribution < 1.29 is 102 Å². The Morgan fingerprint density at radius 3 is 1.65 bits per heavy atom. The molecule has 29 heteroatoms. The number of carbonyl (C=O) groups excluding carboxylic acids is 10. The first-order chi connectivity index (χ1) is 54.6. The summed E-state index contributed by atoms with van der Waals surface area (Å²) < 4.78 is 39.9. The zero-order chi connectivity index (χ0) is 85.6. The maximum atomic E-state index is 15.3. The number of nitrogens with one attached hydrogen (secondary N) is 3. The van der Waals surface area contributed by atoms with Crippen LogP contribution in [0, 0.1) is 29.6 Å². The number of aliphatic hydroxyl groups is 4. The predicted octanol–water partition coefficient (Wildman–Crippen LogP) is 6.37. The van der Waals surface area contributed by atoms with Gasteiger partial charge in [0.1, 0.15) is 73.3 Å². The number of cyclic esters (lactones) is 1. The second-order valence-electron chi connectivity index (χ2n) is 32.7. The summed E-state index contributed by atoms with van der Waals surface area (Å²) in [5.74, 6) is -8.86. The van der Waals surface area contributed by atoms with Gasteiger partial charge in [0.25, 0.3) is 5.91 Å². The molecule has 29 nitrogen and oxygen atoms in total. The Hall–Kier alpha value is -7.22. The van der Waals surface area contributed by atoms with Crippen LogP contribution in [0.15, 0.2) is 60.7 Å². The Kier molecular flexibility index (Phi) is 45.2. The van der Waals surface area contributed by atoms with Gasteiger partial charge in [0, 0.05) is 59.9 Å². The number of benzene rings is 2. The van der Waals surface area contributed by atoms with Gasteiger partial charge < -0.3 is 94.0 Å². The van der Waals surface area contributed by atoms with E-state index in [1.165, 1.54) is 100 Å². The molecule has 4 unspecified atom stereocenters. The van der Waals surface area contributed by atoms with Gasteiger partial charge in [0.2, 0.25) is 41.4 Å². The molecule has 0 spiro atoms. The number of hydrogen-bond acceptors (Lipinski definition) is 21. The molecule has 3 aliphatic heterocycles. The van der Waals surface area contributed by atoms with Crippen molar-refractivity contribution in [3.05, 3.63) is 71.8 Å². The molecule has 0 aromatic heterocycles. The van der Waals surface area contributed by atoms with Gasteiger partial charge in [-0.05, 0) is 80.8 Å². The van der Waals surface area contributed by atoms with Crippen molar-refractivity contribution >= 4 is 59.2 Å². The Bertz CT molecular complexity index is 3250. The number of nitrogens with zero attached hydrogens (tertiary/aromatic N) is 5. The fraction of sp³-hybridized carbons (Fsp3) is 0.744. The van der Waals surface area contributed by atoms with E-state index in [-0.39, 0.29) is 110 Å². The predicted molar refractivity (Wildman–Crippen MR) is 435 cm³/mol. The maximum absolute atomic E-state index is 15.3. The third-order valence-corrected chi connectivity index (χ3v) is 21.8. The van der Waals surface area contributed by atoms with E-state index in [1.54, 1.807) is 72.7 Å². The first kappa shape index (κ1) is 100. The van der Waals surface area contributed by atoms with E-state index < -0.39 is 161 Å². The van der Waals surface area contributed by atoms with E-state index >= 15 is 9.59 Å². The van der Waals surface area contributed by atoms with Crippen LogP contribution in [0.5, 0.6) is 0 Å². The molecule has 115 heavy (non-hydrogen) atoms. The highest BCUT2D eigenvalue weighted by molar-refractivity contribution is 5.99. The third kappa shape index (κ3) is 31.5. The minimum atomic E-state index is -1.97. The number of rotatable bonds is 38. The van der Waals surface area contributed by atoms with E-state index in [9.17, 15) is 48.6 Å².